The molecule has 1 heterocycles. The SMILES string of the molecule is COc1cc(/C=C2\N=C(c3ccccc3Br)OC2=O)ccc1OS(=O)(=O)c1ccc(Cl)cc1. The van der Waals surface area contributed by atoms with E-state index in [0.29, 0.717) is 16.1 Å². The van der Waals surface area contributed by atoms with Crippen LogP contribution in [0.15, 0.2) is 86.8 Å². The van der Waals surface area contributed by atoms with E-state index in [1.807, 2.05) is 12.1 Å². The fourth-order valence-corrected chi connectivity index (χ4v) is 4.45. The van der Waals surface area contributed by atoms with E-state index in [2.05, 4.69) is 20.9 Å². The lowest BCUT2D eigenvalue weighted by atomic mass is 10.1. The van der Waals surface area contributed by atoms with Gasteiger partial charge in [-0.3, -0.25) is 0 Å². The standard InChI is InChI=1S/C23H15BrClNO6S/c1-30-21-13-14(6-11-20(21)32-33(28,29)16-9-7-15(25)8-10-16)12-19-23(27)31-22(26-19)17-4-2-3-5-18(17)24/h2-13H,1H3/b19-12-. The average molecular weight is 549 g/mol. The van der Waals surface area contributed by atoms with Crippen molar-refractivity contribution in [1.82, 2.24) is 0 Å². The van der Waals surface area contributed by atoms with Gasteiger partial charge in [0.15, 0.2) is 17.2 Å². The Balaban J connectivity index is 1.62. The van der Waals surface area contributed by atoms with Crippen LogP contribution in [0.4, 0.5) is 0 Å². The van der Waals surface area contributed by atoms with E-state index in [0.717, 1.165) is 4.47 Å². The molecule has 0 saturated heterocycles. The van der Waals surface area contributed by atoms with E-state index >= 15 is 0 Å². The van der Waals surface area contributed by atoms with Crippen molar-refractivity contribution in [1.29, 1.82) is 0 Å². The molecule has 4 rings (SSSR count). The number of benzene rings is 3. The van der Waals surface area contributed by atoms with Crippen LogP contribution < -0.4 is 8.92 Å². The van der Waals surface area contributed by atoms with Crippen molar-refractivity contribution in [2.45, 2.75) is 4.90 Å². The molecule has 0 bridgehead atoms. The molecule has 0 aromatic heterocycles. The molecule has 0 amide bonds. The van der Waals surface area contributed by atoms with Gasteiger partial charge in [0.1, 0.15) is 4.90 Å². The highest BCUT2D eigenvalue weighted by Gasteiger charge is 2.26. The first-order chi connectivity index (χ1) is 15.8. The molecule has 33 heavy (non-hydrogen) atoms. The van der Waals surface area contributed by atoms with Crippen molar-refractivity contribution >= 4 is 55.6 Å². The monoisotopic (exact) mass is 547 g/mol. The van der Waals surface area contributed by atoms with Gasteiger partial charge in [0.2, 0.25) is 5.90 Å². The van der Waals surface area contributed by atoms with Crippen molar-refractivity contribution in [3.63, 3.8) is 0 Å². The largest absolute Gasteiger partial charge is 0.493 e. The van der Waals surface area contributed by atoms with E-state index in [9.17, 15) is 13.2 Å². The number of aliphatic imine (C=N–C) groups is 1. The highest BCUT2D eigenvalue weighted by Crippen LogP contribution is 2.32. The summed E-state index contributed by atoms with van der Waals surface area (Å²) in [4.78, 5) is 16.5. The lowest BCUT2D eigenvalue weighted by Gasteiger charge is -2.11. The van der Waals surface area contributed by atoms with E-state index in [1.54, 1.807) is 18.2 Å². The van der Waals surface area contributed by atoms with E-state index in [1.165, 1.54) is 49.6 Å². The molecule has 0 atom stereocenters. The Labute approximate surface area is 203 Å². The number of carbonyl (C=O) groups excluding carboxylic acids is 1. The summed E-state index contributed by atoms with van der Waals surface area (Å²) in [5.41, 5.74) is 1.26. The third-order valence-corrected chi connectivity index (χ3v) is 6.71. The molecule has 0 aliphatic carbocycles. The zero-order chi connectivity index (χ0) is 23.6. The summed E-state index contributed by atoms with van der Waals surface area (Å²) in [6, 6.07) is 17.3. The average Bonchev–Trinajstić information content (AvgIpc) is 3.15. The lowest BCUT2D eigenvalue weighted by Crippen LogP contribution is -2.10. The Morgan fingerprint density at radius 3 is 2.45 bits per heavy atom. The molecule has 0 spiro atoms. The highest BCUT2D eigenvalue weighted by molar-refractivity contribution is 9.10. The number of nitrogens with zero attached hydrogens (tertiary/aromatic N) is 1. The third kappa shape index (κ3) is 5.11. The molecule has 7 nitrogen and oxygen atoms in total. The van der Waals surface area contributed by atoms with Crippen molar-refractivity contribution in [2.24, 2.45) is 4.99 Å². The van der Waals surface area contributed by atoms with E-state index in [-0.39, 0.29) is 28.0 Å². The summed E-state index contributed by atoms with van der Waals surface area (Å²) in [5.74, 6) is -0.283. The maximum absolute atomic E-state index is 12.6. The predicted molar refractivity (Wildman–Crippen MR) is 127 cm³/mol. The summed E-state index contributed by atoms with van der Waals surface area (Å²) >= 11 is 9.22. The third-order valence-electron chi connectivity index (χ3n) is 4.52. The normalized spacial score (nSPS) is 14.7. The summed E-state index contributed by atoms with van der Waals surface area (Å²) in [5, 5.41) is 0.403. The summed E-state index contributed by atoms with van der Waals surface area (Å²) in [6.07, 6.45) is 1.51. The Morgan fingerprint density at radius 2 is 1.76 bits per heavy atom. The van der Waals surface area contributed by atoms with Gasteiger partial charge in [-0.05, 0) is 76.1 Å². The van der Waals surface area contributed by atoms with Crippen LogP contribution in [-0.4, -0.2) is 27.4 Å². The topological polar surface area (TPSA) is 91.3 Å². The molecule has 168 valence electrons. The van der Waals surface area contributed by atoms with Crippen LogP contribution in [0.5, 0.6) is 11.5 Å². The Bertz CT molecular complexity index is 1400. The van der Waals surface area contributed by atoms with Gasteiger partial charge in [-0.15, -0.1) is 0 Å². The molecule has 3 aromatic carbocycles. The molecule has 0 radical (unpaired) electrons. The van der Waals surface area contributed by atoms with Crippen LogP contribution in [-0.2, 0) is 19.6 Å². The number of methoxy groups -OCH3 is 1. The van der Waals surface area contributed by atoms with Gasteiger partial charge in [-0.25, -0.2) is 9.79 Å². The number of carbonyl (C=O) groups is 1. The molecule has 0 saturated carbocycles. The molecule has 10 heteroatoms. The second-order valence-corrected chi connectivity index (χ2v) is 9.55. The first kappa shape index (κ1) is 23.0. The number of esters is 1. The molecule has 0 N–H and O–H groups in total. The van der Waals surface area contributed by atoms with Crippen LogP contribution in [0.3, 0.4) is 0 Å². The number of ether oxygens (including phenoxy) is 2. The first-order valence-electron chi connectivity index (χ1n) is 9.42. The number of rotatable bonds is 6. The van der Waals surface area contributed by atoms with Gasteiger partial charge in [-0.1, -0.05) is 29.8 Å². The summed E-state index contributed by atoms with van der Waals surface area (Å²) in [7, 11) is -2.73. The Kier molecular flexibility index (Phi) is 6.55. The van der Waals surface area contributed by atoms with Crippen LogP contribution in [0, 0.1) is 0 Å². The molecule has 0 fully saturated rings. The van der Waals surface area contributed by atoms with Crippen LogP contribution in [0.25, 0.3) is 6.08 Å². The zero-order valence-corrected chi connectivity index (χ0v) is 20.1. The molecule has 1 aliphatic heterocycles. The molecule has 0 unspecified atom stereocenters. The fraction of sp³-hybridized carbons (Fsp3) is 0.0435. The van der Waals surface area contributed by atoms with Gasteiger partial charge in [0.05, 0.1) is 12.7 Å². The summed E-state index contributed by atoms with van der Waals surface area (Å²) in [6.45, 7) is 0. The second kappa shape index (κ2) is 9.38. The van der Waals surface area contributed by atoms with Crippen molar-refractivity contribution in [2.75, 3.05) is 7.11 Å². The number of hydrogen-bond acceptors (Lipinski definition) is 7. The molecular weight excluding hydrogens is 534 g/mol. The maximum Gasteiger partial charge on any atom is 0.363 e. The number of cyclic esters (lactones) is 1. The van der Waals surface area contributed by atoms with E-state index in [4.69, 9.17) is 25.3 Å². The minimum atomic E-state index is -4.10. The van der Waals surface area contributed by atoms with Gasteiger partial charge >= 0.3 is 16.1 Å². The number of halogens is 2. The minimum absolute atomic E-state index is 0.0130. The van der Waals surface area contributed by atoms with Gasteiger partial charge in [0, 0.05) is 9.50 Å². The van der Waals surface area contributed by atoms with Crippen LogP contribution in [0.2, 0.25) is 5.02 Å². The van der Waals surface area contributed by atoms with E-state index < -0.39 is 16.1 Å². The first-order valence-corrected chi connectivity index (χ1v) is 12.0. The van der Waals surface area contributed by atoms with Gasteiger partial charge in [-0.2, -0.15) is 8.42 Å². The van der Waals surface area contributed by atoms with Gasteiger partial charge < -0.3 is 13.7 Å². The van der Waals surface area contributed by atoms with Crippen LogP contribution >= 0.6 is 27.5 Å². The quantitative estimate of drug-likeness (QED) is 0.238. The molecule has 3 aromatic rings. The predicted octanol–water partition coefficient (Wildman–Crippen LogP) is 5.22. The highest BCUT2D eigenvalue weighted by atomic mass is 79.9. The molecule has 1 aliphatic rings. The Hall–Kier alpha value is -3.14. The Morgan fingerprint density at radius 1 is 1.03 bits per heavy atom. The van der Waals surface area contributed by atoms with Crippen molar-refractivity contribution in [3.8, 4) is 11.5 Å². The second-order valence-electron chi connectivity index (χ2n) is 6.72. The zero-order valence-electron chi connectivity index (χ0n) is 17.0. The lowest BCUT2D eigenvalue weighted by molar-refractivity contribution is -0.129. The minimum Gasteiger partial charge on any atom is -0.493 e. The van der Waals surface area contributed by atoms with Crippen molar-refractivity contribution in [3.05, 3.63) is 93.0 Å². The maximum atomic E-state index is 12.6. The molecular formula is C23H15BrClNO6S. The van der Waals surface area contributed by atoms with Crippen LogP contribution in [0.1, 0.15) is 11.1 Å². The summed E-state index contributed by atoms with van der Waals surface area (Å²) < 4.78 is 41.7. The van der Waals surface area contributed by atoms with Gasteiger partial charge in [0.25, 0.3) is 0 Å². The number of hydrogen-bond donors (Lipinski definition) is 0. The van der Waals surface area contributed by atoms with Crippen molar-refractivity contribution < 1.29 is 26.9 Å². The smallest absolute Gasteiger partial charge is 0.363 e. The fourth-order valence-electron chi connectivity index (χ4n) is 2.93.